The molecule has 0 aromatic carbocycles. The standard InChI is InChI=1S/C12H16N2.C3H8/c1-10(11-5-8-13-9-6-11)12-4-2-3-7-14-12;1-3-2/h2-4,7,11,13H,1,5-6,8-9H2;3H2,1-2H3. The molecule has 0 atom stereocenters. The number of aromatic nitrogens is 1. The van der Waals surface area contributed by atoms with Crippen molar-refractivity contribution in [1.82, 2.24) is 10.3 Å². The molecular weight excluding hydrogens is 208 g/mol. The van der Waals surface area contributed by atoms with Crippen molar-refractivity contribution in [3.63, 3.8) is 0 Å². The third kappa shape index (κ3) is 4.70. The first kappa shape index (κ1) is 13.9. The molecule has 0 saturated carbocycles. The maximum Gasteiger partial charge on any atom is 0.0658 e. The first-order chi connectivity index (χ1) is 8.29. The van der Waals surface area contributed by atoms with E-state index >= 15 is 0 Å². The maximum absolute atomic E-state index is 4.33. The van der Waals surface area contributed by atoms with Gasteiger partial charge in [0.25, 0.3) is 0 Å². The molecule has 0 unspecified atom stereocenters. The predicted molar refractivity (Wildman–Crippen MR) is 74.8 cm³/mol. The minimum Gasteiger partial charge on any atom is -0.317 e. The second-order valence-electron chi connectivity index (χ2n) is 4.47. The van der Waals surface area contributed by atoms with E-state index in [1.54, 1.807) is 0 Å². The summed E-state index contributed by atoms with van der Waals surface area (Å²) < 4.78 is 0. The lowest BCUT2D eigenvalue weighted by molar-refractivity contribution is 0.446. The highest BCUT2D eigenvalue weighted by molar-refractivity contribution is 5.62. The van der Waals surface area contributed by atoms with Crippen molar-refractivity contribution in [2.45, 2.75) is 33.1 Å². The zero-order chi connectivity index (χ0) is 12.5. The van der Waals surface area contributed by atoms with Gasteiger partial charge in [-0.15, -0.1) is 0 Å². The molecular formula is C15H24N2. The molecule has 0 amide bonds. The molecule has 2 rings (SSSR count). The third-order valence-electron chi connectivity index (χ3n) is 2.83. The molecule has 2 heteroatoms. The highest BCUT2D eigenvalue weighted by atomic mass is 14.9. The van der Waals surface area contributed by atoms with E-state index < -0.39 is 0 Å². The Kier molecular flexibility index (Phi) is 6.56. The van der Waals surface area contributed by atoms with Crippen molar-refractivity contribution in [2.24, 2.45) is 5.92 Å². The first-order valence-corrected chi connectivity index (χ1v) is 6.60. The molecule has 1 aromatic heterocycles. The van der Waals surface area contributed by atoms with Gasteiger partial charge in [-0.25, -0.2) is 0 Å². The zero-order valence-electron chi connectivity index (χ0n) is 11.1. The lowest BCUT2D eigenvalue weighted by atomic mass is 9.89. The average molecular weight is 232 g/mol. The summed E-state index contributed by atoms with van der Waals surface area (Å²) in [6, 6.07) is 6.01. The van der Waals surface area contributed by atoms with Crippen LogP contribution in [0.3, 0.4) is 0 Å². The Morgan fingerprint density at radius 2 is 2.00 bits per heavy atom. The van der Waals surface area contributed by atoms with Crippen LogP contribution in [0.2, 0.25) is 0 Å². The SMILES string of the molecule is C=C(c1ccccn1)C1CCNCC1.CCC. The molecule has 0 aliphatic carbocycles. The molecule has 17 heavy (non-hydrogen) atoms. The van der Waals surface area contributed by atoms with Crippen molar-refractivity contribution in [1.29, 1.82) is 0 Å². The Labute approximate surface area is 105 Å². The molecule has 0 bridgehead atoms. The molecule has 1 aromatic rings. The fourth-order valence-corrected chi connectivity index (χ4v) is 1.93. The number of rotatable bonds is 2. The van der Waals surface area contributed by atoms with Gasteiger partial charge in [0.15, 0.2) is 0 Å². The van der Waals surface area contributed by atoms with E-state index in [9.17, 15) is 0 Å². The highest BCUT2D eigenvalue weighted by Crippen LogP contribution is 2.26. The molecule has 2 heterocycles. The second-order valence-corrected chi connectivity index (χ2v) is 4.47. The molecule has 0 spiro atoms. The lowest BCUT2D eigenvalue weighted by Crippen LogP contribution is -2.28. The number of piperidine rings is 1. The van der Waals surface area contributed by atoms with E-state index in [1.165, 1.54) is 24.8 Å². The van der Waals surface area contributed by atoms with Gasteiger partial charge in [-0.3, -0.25) is 4.98 Å². The van der Waals surface area contributed by atoms with Crippen molar-refractivity contribution >= 4 is 5.57 Å². The van der Waals surface area contributed by atoms with E-state index in [2.05, 4.69) is 30.7 Å². The van der Waals surface area contributed by atoms with E-state index in [-0.39, 0.29) is 0 Å². The molecule has 1 aliphatic rings. The van der Waals surface area contributed by atoms with Crippen molar-refractivity contribution in [3.8, 4) is 0 Å². The van der Waals surface area contributed by atoms with Gasteiger partial charge >= 0.3 is 0 Å². The average Bonchev–Trinajstić information content (AvgIpc) is 2.41. The molecule has 1 N–H and O–H groups in total. The first-order valence-electron chi connectivity index (χ1n) is 6.60. The van der Waals surface area contributed by atoms with E-state index in [4.69, 9.17) is 0 Å². The molecule has 1 fully saturated rings. The van der Waals surface area contributed by atoms with Crippen LogP contribution >= 0.6 is 0 Å². The van der Waals surface area contributed by atoms with Gasteiger partial charge in [0.2, 0.25) is 0 Å². The zero-order valence-corrected chi connectivity index (χ0v) is 11.1. The highest BCUT2D eigenvalue weighted by Gasteiger charge is 2.17. The summed E-state index contributed by atoms with van der Waals surface area (Å²) in [5.74, 6) is 0.617. The number of pyridine rings is 1. The number of allylic oxidation sites excluding steroid dienone is 1. The largest absolute Gasteiger partial charge is 0.317 e. The van der Waals surface area contributed by atoms with Crippen LogP contribution in [0.15, 0.2) is 31.0 Å². The van der Waals surface area contributed by atoms with Gasteiger partial charge < -0.3 is 5.32 Å². The molecule has 1 aliphatic heterocycles. The van der Waals surface area contributed by atoms with Crippen LogP contribution in [-0.2, 0) is 0 Å². The summed E-state index contributed by atoms with van der Waals surface area (Å²) in [6.45, 7) is 10.6. The number of hydrogen-bond donors (Lipinski definition) is 1. The smallest absolute Gasteiger partial charge is 0.0658 e. The summed E-state index contributed by atoms with van der Waals surface area (Å²) in [5.41, 5.74) is 2.26. The van der Waals surface area contributed by atoms with Crippen molar-refractivity contribution in [2.75, 3.05) is 13.1 Å². The Bertz CT molecular complexity index is 313. The molecule has 94 valence electrons. The Morgan fingerprint density at radius 1 is 1.35 bits per heavy atom. The normalized spacial score (nSPS) is 15.9. The lowest BCUT2D eigenvalue weighted by Gasteiger charge is -2.24. The Balaban J connectivity index is 0.000000437. The van der Waals surface area contributed by atoms with E-state index in [1.807, 2.05) is 24.4 Å². The third-order valence-corrected chi connectivity index (χ3v) is 2.83. The van der Waals surface area contributed by atoms with Crippen molar-refractivity contribution < 1.29 is 0 Å². The van der Waals surface area contributed by atoms with E-state index in [0.717, 1.165) is 18.8 Å². The minimum absolute atomic E-state index is 0.617. The van der Waals surface area contributed by atoms with Crippen LogP contribution in [0.25, 0.3) is 5.57 Å². The van der Waals surface area contributed by atoms with Gasteiger partial charge in [-0.05, 0) is 49.6 Å². The summed E-state index contributed by atoms with van der Waals surface area (Å²) in [4.78, 5) is 4.33. The number of hydrogen-bond acceptors (Lipinski definition) is 2. The predicted octanol–water partition coefficient (Wildman–Crippen LogP) is 3.51. The maximum atomic E-state index is 4.33. The molecule has 2 nitrogen and oxygen atoms in total. The molecule has 0 radical (unpaired) electrons. The minimum atomic E-state index is 0.617. The van der Waals surface area contributed by atoms with Crippen molar-refractivity contribution in [3.05, 3.63) is 36.7 Å². The van der Waals surface area contributed by atoms with Crippen LogP contribution in [0.5, 0.6) is 0 Å². The summed E-state index contributed by atoms with van der Waals surface area (Å²) in [5, 5.41) is 3.36. The van der Waals surface area contributed by atoms with Gasteiger partial charge in [0.05, 0.1) is 5.69 Å². The summed E-state index contributed by atoms with van der Waals surface area (Å²) >= 11 is 0. The van der Waals surface area contributed by atoms with Crippen LogP contribution < -0.4 is 5.32 Å². The Hall–Kier alpha value is -1.15. The fourth-order valence-electron chi connectivity index (χ4n) is 1.93. The summed E-state index contributed by atoms with van der Waals surface area (Å²) in [6.07, 6.45) is 5.46. The Morgan fingerprint density at radius 3 is 2.53 bits per heavy atom. The van der Waals surface area contributed by atoms with Gasteiger partial charge in [-0.2, -0.15) is 0 Å². The second kappa shape index (κ2) is 8.02. The monoisotopic (exact) mass is 232 g/mol. The van der Waals surface area contributed by atoms with Gasteiger partial charge in [0, 0.05) is 6.20 Å². The van der Waals surface area contributed by atoms with Gasteiger partial charge in [0.1, 0.15) is 0 Å². The van der Waals surface area contributed by atoms with E-state index in [0.29, 0.717) is 5.92 Å². The van der Waals surface area contributed by atoms with Crippen LogP contribution in [-0.4, -0.2) is 18.1 Å². The van der Waals surface area contributed by atoms with Gasteiger partial charge in [-0.1, -0.05) is 32.9 Å². The molecule has 1 saturated heterocycles. The summed E-state index contributed by atoms with van der Waals surface area (Å²) in [7, 11) is 0. The fraction of sp³-hybridized carbons (Fsp3) is 0.533. The number of nitrogens with one attached hydrogen (secondary N) is 1. The van der Waals surface area contributed by atoms with Crippen LogP contribution in [0.4, 0.5) is 0 Å². The number of nitrogens with zero attached hydrogens (tertiary/aromatic N) is 1. The van der Waals surface area contributed by atoms with Crippen LogP contribution in [0, 0.1) is 5.92 Å². The topological polar surface area (TPSA) is 24.9 Å². The van der Waals surface area contributed by atoms with Crippen LogP contribution in [0.1, 0.15) is 38.8 Å². The quantitative estimate of drug-likeness (QED) is 0.844.